The summed E-state index contributed by atoms with van der Waals surface area (Å²) in [7, 11) is -2.44. The first-order chi connectivity index (χ1) is 15.9. The van der Waals surface area contributed by atoms with Crippen LogP contribution in [0, 0.1) is 6.92 Å². The number of para-hydroxylation sites is 1. The summed E-state index contributed by atoms with van der Waals surface area (Å²) >= 11 is -0.0888. The first-order valence-corrected chi connectivity index (χ1v) is 13.6. The average Bonchev–Trinajstić information content (AvgIpc) is 3.19. The number of hydrogen-bond acceptors (Lipinski definition) is 4. The van der Waals surface area contributed by atoms with Crippen LogP contribution in [0.1, 0.15) is 11.1 Å². The van der Waals surface area contributed by atoms with Crippen molar-refractivity contribution in [1.29, 1.82) is 0 Å². The number of hydrogen-bond donors (Lipinski definition) is 1. The number of benzene rings is 3. The van der Waals surface area contributed by atoms with Crippen molar-refractivity contribution in [3.63, 3.8) is 0 Å². The van der Waals surface area contributed by atoms with Crippen LogP contribution in [-0.4, -0.2) is 45.5 Å². The molecule has 6 nitrogen and oxygen atoms in total. The van der Waals surface area contributed by atoms with Gasteiger partial charge in [0.25, 0.3) is 0 Å². The Hall–Kier alpha value is -3.06. The minimum absolute atomic E-state index is 0.0888. The predicted octanol–water partition coefficient (Wildman–Crippen LogP) is 3.44. The molecule has 0 aliphatic rings. The van der Waals surface area contributed by atoms with Crippen LogP contribution >= 0.6 is 0 Å². The van der Waals surface area contributed by atoms with Crippen molar-refractivity contribution in [3.05, 3.63) is 96.2 Å². The minimum atomic E-state index is -3.77. The second-order valence-electron chi connectivity index (χ2n) is 7.54. The standard InChI is InChI=1S/C25H24N2O4SSe/c1-18-12-14-20(15-13-18)32(29,30)27-17-19(22-10-6-7-11-23(22)27)16-24(26-25(28)31-2)33-21-8-4-3-5-9-21/h3-15,17,24H,16H2,1-2H3,(H,26,28)/t24-/m1/s1. The molecule has 33 heavy (non-hydrogen) atoms. The normalized spacial score (nSPS) is 12.4. The zero-order chi connectivity index (χ0) is 23.4. The summed E-state index contributed by atoms with van der Waals surface area (Å²) < 4.78 is 34.2. The SMILES string of the molecule is COC(=O)N[C@@H](Cc1cn(S(=O)(=O)c2ccc(C)cc2)c2ccccc12)[Se]c1ccccc1. The third kappa shape index (κ3) is 5.14. The van der Waals surface area contributed by atoms with Gasteiger partial charge in [-0.05, 0) is 0 Å². The maximum atomic E-state index is 13.5. The molecule has 8 heteroatoms. The summed E-state index contributed by atoms with van der Waals surface area (Å²) in [5.74, 6) is 0. The zero-order valence-electron chi connectivity index (χ0n) is 18.3. The van der Waals surface area contributed by atoms with Crippen LogP contribution in [0.15, 0.2) is 90.0 Å². The van der Waals surface area contributed by atoms with E-state index in [9.17, 15) is 13.2 Å². The molecule has 170 valence electrons. The molecule has 0 saturated heterocycles. The third-order valence-electron chi connectivity index (χ3n) is 5.23. The summed E-state index contributed by atoms with van der Waals surface area (Å²) in [4.78, 5) is 12.0. The fourth-order valence-corrected chi connectivity index (χ4v) is 7.20. The molecule has 0 fully saturated rings. The molecule has 0 radical (unpaired) electrons. The topological polar surface area (TPSA) is 77.4 Å². The Morgan fingerprint density at radius 2 is 1.67 bits per heavy atom. The van der Waals surface area contributed by atoms with E-state index in [-0.39, 0.29) is 24.8 Å². The van der Waals surface area contributed by atoms with Gasteiger partial charge in [-0.25, -0.2) is 0 Å². The van der Waals surface area contributed by atoms with Crippen LogP contribution in [0.4, 0.5) is 4.79 Å². The Balaban J connectivity index is 1.74. The van der Waals surface area contributed by atoms with Crippen molar-refractivity contribution in [3.8, 4) is 0 Å². The molecule has 1 N–H and O–H groups in total. The number of carbonyl (C=O) groups is 1. The first-order valence-electron chi connectivity index (χ1n) is 10.4. The van der Waals surface area contributed by atoms with Crippen LogP contribution in [0.5, 0.6) is 0 Å². The van der Waals surface area contributed by atoms with Crippen LogP contribution in [0.25, 0.3) is 10.9 Å². The van der Waals surface area contributed by atoms with Crippen molar-refractivity contribution >= 4 is 46.4 Å². The van der Waals surface area contributed by atoms with E-state index in [1.807, 2.05) is 55.5 Å². The molecule has 1 heterocycles. The number of nitrogens with one attached hydrogen (secondary N) is 1. The number of alkyl carbamates (subject to hydrolysis) is 1. The molecule has 0 bridgehead atoms. The molecule has 0 aliphatic heterocycles. The van der Waals surface area contributed by atoms with Gasteiger partial charge < -0.3 is 0 Å². The van der Waals surface area contributed by atoms with Crippen LogP contribution in [0.2, 0.25) is 0 Å². The van der Waals surface area contributed by atoms with Gasteiger partial charge in [0.2, 0.25) is 0 Å². The summed E-state index contributed by atoms with van der Waals surface area (Å²) in [5, 5.41) is 3.76. The summed E-state index contributed by atoms with van der Waals surface area (Å²) in [6.07, 6.45) is 1.64. The average molecular weight is 528 g/mol. The van der Waals surface area contributed by atoms with E-state index < -0.39 is 16.1 Å². The summed E-state index contributed by atoms with van der Waals surface area (Å²) in [5.41, 5.74) is 2.45. The van der Waals surface area contributed by atoms with E-state index in [2.05, 4.69) is 5.32 Å². The number of fused-ring (bicyclic) bond motifs is 1. The molecular weight excluding hydrogens is 503 g/mol. The Labute approximate surface area is 199 Å². The summed E-state index contributed by atoms with van der Waals surface area (Å²) in [6.45, 7) is 1.92. The molecule has 0 saturated carbocycles. The number of aromatic nitrogens is 1. The Morgan fingerprint density at radius 1 is 1.00 bits per heavy atom. The van der Waals surface area contributed by atoms with Gasteiger partial charge in [-0.1, -0.05) is 0 Å². The second-order valence-corrected chi connectivity index (χ2v) is 12.0. The number of ether oxygens (including phenoxy) is 1. The second kappa shape index (κ2) is 9.83. The van der Waals surface area contributed by atoms with Crippen LogP contribution < -0.4 is 9.78 Å². The van der Waals surface area contributed by atoms with Crippen molar-refractivity contribution in [1.82, 2.24) is 9.29 Å². The van der Waals surface area contributed by atoms with Gasteiger partial charge in [-0.2, -0.15) is 0 Å². The van der Waals surface area contributed by atoms with Gasteiger partial charge in [0, 0.05) is 0 Å². The Bertz CT molecular complexity index is 1370. The molecular formula is C25H24N2O4SSe. The Morgan fingerprint density at radius 3 is 2.36 bits per heavy atom. The number of aryl methyl sites for hydroxylation is 1. The molecule has 4 rings (SSSR count). The zero-order valence-corrected chi connectivity index (χ0v) is 20.8. The van der Waals surface area contributed by atoms with Gasteiger partial charge in [-0.3, -0.25) is 0 Å². The number of amides is 1. The van der Waals surface area contributed by atoms with Gasteiger partial charge in [0.05, 0.1) is 0 Å². The van der Waals surface area contributed by atoms with E-state index in [4.69, 9.17) is 4.74 Å². The van der Waals surface area contributed by atoms with Crippen molar-refractivity contribution < 1.29 is 17.9 Å². The fourth-order valence-electron chi connectivity index (χ4n) is 3.58. The van der Waals surface area contributed by atoms with Crippen LogP contribution in [0.3, 0.4) is 0 Å². The van der Waals surface area contributed by atoms with E-state index >= 15 is 0 Å². The number of carbonyl (C=O) groups excluding carboxylic acids is 1. The van der Waals surface area contributed by atoms with Crippen molar-refractivity contribution in [2.45, 2.75) is 23.2 Å². The van der Waals surface area contributed by atoms with Gasteiger partial charge in [0.15, 0.2) is 0 Å². The van der Waals surface area contributed by atoms with E-state index in [1.54, 1.807) is 36.5 Å². The monoisotopic (exact) mass is 528 g/mol. The summed E-state index contributed by atoms with van der Waals surface area (Å²) in [6, 6.07) is 24.2. The van der Waals surface area contributed by atoms with Gasteiger partial charge in [0.1, 0.15) is 0 Å². The predicted molar refractivity (Wildman–Crippen MR) is 131 cm³/mol. The van der Waals surface area contributed by atoms with E-state index in [1.165, 1.54) is 11.1 Å². The maximum absolute atomic E-state index is 13.5. The fraction of sp³-hybridized carbons (Fsp3) is 0.160. The van der Waals surface area contributed by atoms with Crippen molar-refractivity contribution in [2.24, 2.45) is 0 Å². The Kier molecular flexibility index (Phi) is 6.88. The molecule has 4 aromatic rings. The number of nitrogens with zero attached hydrogens (tertiary/aromatic N) is 1. The van der Waals surface area contributed by atoms with E-state index in [0.717, 1.165) is 21.0 Å². The molecule has 0 aliphatic carbocycles. The number of methoxy groups -OCH3 is 1. The van der Waals surface area contributed by atoms with Crippen molar-refractivity contribution in [2.75, 3.05) is 7.11 Å². The van der Waals surface area contributed by atoms with E-state index in [0.29, 0.717) is 11.9 Å². The number of rotatable bonds is 7. The molecule has 3 aromatic carbocycles. The van der Waals surface area contributed by atoms with Gasteiger partial charge in [-0.15, -0.1) is 0 Å². The molecule has 1 aromatic heterocycles. The van der Waals surface area contributed by atoms with Gasteiger partial charge >= 0.3 is 200 Å². The quantitative estimate of drug-likeness (QED) is 0.374. The third-order valence-corrected chi connectivity index (χ3v) is 9.25. The molecule has 1 amide bonds. The first kappa shape index (κ1) is 23.1. The van der Waals surface area contributed by atoms with Crippen LogP contribution in [-0.2, 0) is 21.2 Å². The molecule has 1 atom stereocenters. The molecule has 0 unspecified atom stereocenters. The molecule has 0 spiro atoms.